The van der Waals surface area contributed by atoms with Crippen LogP contribution in [0.1, 0.15) is 11.1 Å². The summed E-state index contributed by atoms with van der Waals surface area (Å²) < 4.78 is 156. The van der Waals surface area contributed by atoms with E-state index in [2.05, 4.69) is 0 Å². The molecule has 18 heteroatoms. The maximum atomic E-state index is 16.9. The van der Waals surface area contributed by atoms with Crippen molar-refractivity contribution < 1.29 is 72.6 Å². The lowest BCUT2D eigenvalue weighted by atomic mass is 9.78. The largest absolute Gasteiger partial charge is 0.460 e. The second-order valence-electron chi connectivity index (χ2n) is 11.8. The third kappa shape index (κ3) is 6.46. The van der Waals surface area contributed by atoms with Gasteiger partial charge < -0.3 is 9.47 Å². The van der Waals surface area contributed by atoms with Crippen LogP contribution in [0.5, 0.6) is 23.0 Å². The number of carbonyl (C=O) groups excluding carboxylic acids is 4. The lowest BCUT2D eigenvalue weighted by Crippen LogP contribution is -2.66. The molecule has 8 nitrogen and oxygen atoms in total. The molecule has 0 saturated heterocycles. The average Bonchev–Trinajstić information content (AvgIpc) is 3.66. The molecular weight excluding hydrogens is 758 g/mol. The van der Waals surface area contributed by atoms with Crippen LogP contribution in [0.3, 0.4) is 0 Å². The van der Waals surface area contributed by atoms with E-state index in [4.69, 9.17) is 9.47 Å². The number of hydrogen-bond acceptors (Lipinski definition) is 6. The number of alkyl halides is 10. The number of amides is 4. The van der Waals surface area contributed by atoms with Gasteiger partial charge in [-0.2, -0.15) is 39.5 Å². The van der Waals surface area contributed by atoms with Gasteiger partial charge in [0.25, 0.3) is 23.6 Å². The number of anilines is 2. The summed E-state index contributed by atoms with van der Waals surface area (Å²) in [4.78, 5) is 49.3. The third-order valence-corrected chi connectivity index (χ3v) is 8.36. The van der Waals surface area contributed by atoms with Crippen LogP contribution in [0, 0.1) is 0 Å². The van der Waals surface area contributed by atoms with Crippen molar-refractivity contribution in [3.63, 3.8) is 0 Å². The Hall–Kier alpha value is -6.46. The fraction of sp³-hybridized carbons (Fsp3) is 0.135. The van der Waals surface area contributed by atoms with E-state index in [0.29, 0.717) is 24.3 Å². The third-order valence-electron chi connectivity index (χ3n) is 8.36. The molecule has 0 N–H and O–H groups in total. The number of hydrogen-bond donors (Lipinski definition) is 0. The zero-order valence-corrected chi connectivity index (χ0v) is 27.2. The zero-order valence-electron chi connectivity index (χ0n) is 27.2. The van der Waals surface area contributed by atoms with E-state index < -0.39 is 64.4 Å². The van der Waals surface area contributed by atoms with Gasteiger partial charge in [-0.05, 0) is 72.8 Å². The Labute approximate surface area is 302 Å². The molecule has 2 aliphatic rings. The molecule has 0 radical (unpaired) electrons. The molecule has 55 heavy (non-hydrogen) atoms. The fourth-order valence-electron chi connectivity index (χ4n) is 5.53. The second-order valence-corrected chi connectivity index (χ2v) is 11.8. The molecule has 4 amide bonds. The van der Waals surface area contributed by atoms with Crippen LogP contribution in [-0.4, -0.2) is 47.6 Å². The molecular formula is C37H20F10N2O6. The highest BCUT2D eigenvalue weighted by atomic mass is 19.4. The first kappa shape index (κ1) is 38.3. The number of imide groups is 2. The SMILES string of the molecule is O=C1C=CC(=O)N1c1ccc(Oc2ccc(C(F)(c3ccc(Oc4ccc(N5C(=O)C=CC5=O)cc4)cc3)C(F)(F)C(F)(F)C(F)(F)C(F)(F)F)cc2)cc1. The van der Waals surface area contributed by atoms with E-state index in [1.807, 2.05) is 0 Å². The maximum absolute atomic E-state index is 16.9. The summed E-state index contributed by atoms with van der Waals surface area (Å²) in [5.74, 6) is -24.6. The lowest BCUT2D eigenvalue weighted by molar-refractivity contribution is -0.410. The van der Waals surface area contributed by atoms with Gasteiger partial charge in [0.1, 0.15) is 23.0 Å². The second kappa shape index (κ2) is 13.4. The van der Waals surface area contributed by atoms with Crippen molar-refractivity contribution in [1.29, 1.82) is 0 Å². The van der Waals surface area contributed by atoms with E-state index in [0.717, 1.165) is 58.4 Å². The first-order valence-corrected chi connectivity index (χ1v) is 15.5. The Bertz CT molecular complexity index is 2050. The molecule has 0 aromatic heterocycles. The van der Waals surface area contributed by atoms with E-state index in [9.17, 15) is 49.9 Å². The summed E-state index contributed by atoms with van der Waals surface area (Å²) in [5, 5.41) is 0. The molecule has 4 aromatic carbocycles. The summed E-state index contributed by atoms with van der Waals surface area (Å²) in [6.07, 6.45) is -3.07. The van der Waals surface area contributed by atoms with Gasteiger partial charge >= 0.3 is 23.9 Å². The highest BCUT2D eigenvalue weighted by Gasteiger charge is 2.86. The van der Waals surface area contributed by atoms with Crippen molar-refractivity contribution in [2.75, 3.05) is 9.80 Å². The number of halogens is 10. The highest BCUT2D eigenvalue weighted by Crippen LogP contribution is 2.61. The standard InChI is InChI=1S/C37H20F10N2O6/c38-33(34(39,40)35(41,42)36(43,44)37(45,46)47,21-1-9-25(10-2-21)54-27-13-5-23(6-14-27)48-29(50)17-18-30(48)51)22-3-11-26(12-4-22)55-28-15-7-24(8-16-28)49-31(52)19-20-32(49)53/h1-20H. The minimum absolute atomic E-state index is 0.00277. The Balaban J connectivity index is 1.30. The summed E-state index contributed by atoms with van der Waals surface area (Å²) in [6, 6.07) is 14.9. The molecule has 0 spiro atoms. The van der Waals surface area contributed by atoms with E-state index >= 15 is 13.2 Å². The van der Waals surface area contributed by atoms with Crippen LogP contribution >= 0.6 is 0 Å². The summed E-state index contributed by atoms with van der Waals surface area (Å²) in [7, 11) is 0. The molecule has 4 aromatic rings. The van der Waals surface area contributed by atoms with E-state index in [-0.39, 0.29) is 34.4 Å². The number of ether oxygens (including phenoxy) is 2. The van der Waals surface area contributed by atoms with Gasteiger partial charge in [0.05, 0.1) is 11.4 Å². The van der Waals surface area contributed by atoms with Gasteiger partial charge in [0.2, 0.25) is 5.67 Å². The van der Waals surface area contributed by atoms with Crippen LogP contribution in [0.15, 0.2) is 121 Å². The van der Waals surface area contributed by atoms with Crippen molar-refractivity contribution in [1.82, 2.24) is 0 Å². The van der Waals surface area contributed by atoms with Crippen LogP contribution in [-0.2, 0) is 24.8 Å². The molecule has 0 fully saturated rings. The van der Waals surface area contributed by atoms with Crippen molar-refractivity contribution in [3.05, 3.63) is 132 Å². The Morgan fingerprint density at radius 2 is 0.636 bits per heavy atom. The minimum atomic E-state index is -7.41. The monoisotopic (exact) mass is 778 g/mol. The lowest BCUT2D eigenvalue weighted by Gasteiger charge is -2.41. The highest BCUT2D eigenvalue weighted by molar-refractivity contribution is 6.28. The average molecular weight is 779 g/mol. The number of nitrogens with zero attached hydrogens (tertiary/aromatic N) is 2. The first-order valence-electron chi connectivity index (χ1n) is 15.5. The minimum Gasteiger partial charge on any atom is -0.457 e. The first-order chi connectivity index (χ1) is 25.7. The van der Waals surface area contributed by atoms with E-state index in [1.165, 1.54) is 48.5 Å². The summed E-state index contributed by atoms with van der Waals surface area (Å²) in [6.45, 7) is 0. The van der Waals surface area contributed by atoms with Crippen molar-refractivity contribution in [2.45, 2.75) is 29.6 Å². The molecule has 0 bridgehead atoms. The van der Waals surface area contributed by atoms with Crippen LogP contribution in [0.25, 0.3) is 0 Å². The van der Waals surface area contributed by atoms with Crippen molar-refractivity contribution in [2.24, 2.45) is 0 Å². The summed E-state index contributed by atoms with van der Waals surface area (Å²) in [5.41, 5.74) is -7.72. The molecule has 0 saturated carbocycles. The van der Waals surface area contributed by atoms with Gasteiger partial charge in [-0.15, -0.1) is 0 Å². The molecule has 2 aliphatic heterocycles. The number of benzene rings is 4. The topological polar surface area (TPSA) is 93.2 Å². The van der Waals surface area contributed by atoms with E-state index in [1.54, 1.807) is 0 Å². The molecule has 284 valence electrons. The Morgan fingerprint density at radius 1 is 0.364 bits per heavy atom. The Kier molecular flexibility index (Phi) is 9.35. The van der Waals surface area contributed by atoms with Crippen molar-refractivity contribution >= 4 is 35.0 Å². The quantitative estimate of drug-likeness (QED) is 0.112. The smallest absolute Gasteiger partial charge is 0.457 e. The molecule has 6 rings (SSSR count). The maximum Gasteiger partial charge on any atom is 0.460 e. The van der Waals surface area contributed by atoms with Crippen molar-refractivity contribution in [3.8, 4) is 23.0 Å². The molecule has 0 atom stereocenters. The number of rotatable bonds is 11. The summed E-state index contributed by atoms with van der Waals surface area (Å²) >= 11 is 0. The van der Waals surface area contributed by atoms with Gasteiger partial charge in [0, 0.05) is 35.4 Å². The van der Waals surface area contributed by atoms with Gasteiger partial charge in [-0.1, -0.05) is 24.3 Å². The molecule has 2 heterocycles. The number of carbonyl (C=O) groups is 4. The predicted molar refractivity (Wildman–Crippen MR) is 172 cm³/mol. The Morgan fingerprint density at radius 3 is 0.909 bits per heavy atom. The van der Waals surface area contributed by atoms with Gasteiger partial charge in [-0.25, -0.2) is 14.2 Å². The molecule has 0 unspecified atom stereocenters. The van der Waals surface area contributed by atoms with Gasteiger partial charge in [-0.3, -0.25) is 19.2 Å². The molecule has 0 aliphatic carbocycles. The van der Waals surface area contributed by atoms with Gasteiger partial charge in [0.15, 0.2) is 0 Å². The normalized spacial score (nSPS) is 15.4. The van der Waals surface area contributed by atoms with Crippen LogP contribution in [0.2, 0.25) is 0 Å². The predicted octanol–water partition coefficient (Wildman–Crippen LogP) is 8.81. The zero-order chi connectivity index (χ0) is 40.1. The fourth-order valence-corrected chi connectivity index (χ4v) is 5.53. The van der Waals surface area contributed by atoms with Crippen LogP contribution < -0.4 is 19.3 Å². The van der Waals surface area contributed by atoms with Crippen LogP contribution in [0.4, 0.5) is 55.3 Å².